The van der Waals surface area contributed by atoms with Gasteiger partial charge in [0.25, 0.3) is 5.91 Å². The summed E-state index contributed by atoms with van der Waals surface area (Å²) in [5.74, 6) is 1.07. The monoisotopic (exact) mass is 364 g/mol. The Hall–Kier alpha value is -1.44. The number of aromatic nitrogens is 1. The number of aliphatic hydroxyl groups is 1. The van der Waals surface area contributed by atoms with E-state index in [2.05, 4.69) is 20.1 Å². The van der Waals surface area contributed by atoms with Crippen LogP contribution in [0.5, 0.6) is 0 Å². The molecule has 1 atom stereocenters. The van der Waals surface area contributed by atoms with Crippen molar-refractivity contribution in [3.8, 4) is 0 Å². The van der Waals surface area contributed by atoms with Gasteiger partial charge in [-0.25, -0.2) is 4.98 Å². The van der Waals surface area contributed by atoms with Crippen LogP contribution in [-0.4, -0.2) is 71.2 Å². The third-order valence-corrected chi connectivity index (χ3v) is 5.41. The lowest BCUT2D eigenvalue weighted by molar-refractivity contribution is 0.0747. The van der Waals surface area contributed by atoms with Crippen molar-refractivity contribution in [2.75, 3.05) is 39.3 Å². The Kier molecular flexibility index (Phi) is 7.05. The highest BCUT2D eigenvalue weighted by atomic mass is 16.3. The van der Waals surface area contributed by atoms with Gasteiger partial charge in [0.2, 0.25) is 5.89 Å². The largest absolute Gasteiger partial charge is 0.447 e. The van der Waals surface area contributed by atoms with Crippen LogP contribution in [-0.2, 0) is 6.54 Å². The van der Waals surface area contributed by atoms with E-state index in [1.54, 1.807) is 0 Å². The molecule has 1 saturated carbocycles. The maximum absolute atomic E-state index is 12.3. The number of hydrogen-bond donors (Lipinski definition) is 2. The van der Waals surface area contributed by atoms with Gasteiger partial charge in [0, 0.05) is 39.3 Å². The summed E-state index contributed by atoms with van der Waals surface area (Å²) in [6.45, 7) is 7.60. The second-order valence-corrected chi connectivity index (χ2v) is 7.77. The fourth-order valence-corrected chi connectivity index (χ4v) is 3.90. The predicted octanol–water partition coefficient (Wildman–Crippen LogP) is 1.48. The second kappa shape index (κ2) is 9.48. The molecule has 2 aliphatic rings. The Morgan fingerprint density at radius 3 is 2.65 bits per heavy atom. The summed E-state index contributed by atoms with van der Waals surface area (Å²) in [4.78, 5) is 21.2. The number of carbonyl (C=O) groups is 1. The van der Waals surface area contributed by atoms with Gasteiger partial charge >= 0.3 is 0 Å². The Labute approximate surface area is 155 Å². The minimum absolute atomic E-state index is 0.132. The molecule has 1 aliphatic heterocycles. The number of β-amino-alcohol motifs (C(OH)–C–C–N with tert-alkyl or cyclic N) is 1. The van der Waals surface area contributed by atoms with Crippen LogP contribution in [0.2, 0.25) is 0 Å². The average Bonchev–Trinajstić information content (AvgIpc) is 3.10. The number of rotatable bonds is 7. The zero-order valence-corrected chi connectivity index (χ0v) is 15.8. The number of piperazine rings is 1. The topological polar surface area (TPSA) is 81.8 Å². The summed E-state index contributed by atoms with van der Waals surface area (Å²) >= 11 is 0. The molecule has 0 spiro atoms. The number of oxazole rings is 1. The highest BCUT2D eigenvalue weighted by Gasteiger charge is 2.21. The van der Waals surface area contributed by atoms with Crippen molar-refractivity contribution in [2.45, 2.75) is 51.7 Å². The van der Waals surface area contributed by atoms with Crippen LogP contribution in [0.1, 0.15) is 55.4 Å². The van der Waals surface area contributed by atoms with E-state index in [9.17, 15) is 9.90 Å². The lowest BCUT2D eigenvalue weighted by atomic mass is 9.89. The SMILES string of the molecule is C[C@@H](O)CN1CCN(Cc2nc(C(=O)NCC3CCCCC3)co2)CC1. The molecular weight excluding hydrogens is 332 g/mol. The summed E-state index contributed by atoms with van der Waals surface area (Å²) in [7, 11) is 0. The molecule has 146 valence electrons. The lowest BCUT2D eigenvalue weighted by Gasteiger charge is -2.34. The Bertz CT molecular complexity index is 561. The van der Waals surface area contributed by atoms with Crippen LogP contribution in [0, 0.1) is 5.92 Å². The molecule has 1 saturated heterocycles. The molecule has 1 amide bonds. The predicted molar refractivity (Wildman–Crippen MR) is 98.8 cm³/mol. The van der Waals surface area contributed by atoms with Crippen molar-refractivity contribution in [2.24, 2.45) is 5.92 Å². The number of carbonyl (C=O) groups excluding carboxylic acids is 1. The molecule has 0 aromatic carbocycles. The number of nitrogens with one attached hydrogen (secondary N) is 1. The first-order valence-electron chi connectivity index (χ1n) is 9.95. The van der Waals surface area contributed by atoms with E-state index < -0.39 is 0 Å². The van der Waals surface area contributed by atoms with Crippen molar-refractivity contribution >= 4 is 5.91 Å². The molecular formula is C19H32N4O3. The molecule has 1 aromatic rings. The first-order valence-corrected chi connectivity index (χ1v) is 9.95. The molecule has 1 aliphatic carbocycles. The van der Waals surface area contributed by atoms with Gasteiger partial charge < -0.3 is 14.8 Å². The first-order chi connectivity index (χ1) is 12.6. The van der Waals surface area contributed by atoms with Crippen LogP contribution in [0.25, 0.3) is 0 Å². The summed E-state index contributed by atoms with van der Waals surface area (Å²) in [5, 5.41) is 12.5. The Balaban J connectivity index is 1.41. The van der Waals surface area contributed by atoms with Gasteiger partial charge in [-0.2, -0.15) is 0 Å². The average molecular weight is 364 g/mol. The fourth-order valence-electron chi connectivity index (χ4n) is 3.90. The van der Waals surface area contributed by atoms with Crippen LogP contribution in [0.15, 0.2) is 10.7 Å². The van der Waals surface area contributed by atoms with E-state index in [1.807, 2.05) is 6.92 Å². The minimum Gasteiger partial charge on any atom is -0.447 e. The molecule has 26 heavy (non-hydrogen) atoms. The van der Waals surface area contributed by atoms with Gasteiger partial charge in [0.05, 0.1) is 12.6 Å². The normalized spacial score (nSPS) is 21.6. The smallest absolute Gasteiger partial charge is 0.273 e. The van der Waals surface area contributed by atoms with Gasteiger partial charge in [-0.15, -0.1) is 0 Å². The molecule has 7 nitrogen and oxygen atoms in total. The summed E-state index contributed by atoms with van der Waals surface area (Å²) in [6.07, 6.45) is 7.48. The lowest BCUT2D eigenvalue weighted by Crippen LogP contribution is -2.47. The number of hydrogen-bond acceptors (Lipinski definition) is 6. The number of aliphatic hydroxyl groups excluding tert-OH is 1. The summed E-state index contributed by atoms with van der Waals surface area (Å²) in [5.41, 5.74) is 0.378. The van der Waals surface area contributed by atoms with Crippen LogP contribution < -0.4 is 5.32 Å². The van der Waals surface area contributed by atoms with Crippen molar-refractivity contribution in [1.29, 1.82) is 0 Å². The molecule has 3 rings (SSSR count). The Morgan fingerprint density at radius 2 is 1.96 bits per heavy atom. The second-order valence-electron chi connectivity index (χ2n) is 7.77. The first kappa shape index (κ1) is 19.3. The van der Waals surface area contributed by atoms with Crippen molar-refractivity contribution in [1.82, 2.24) is 20.1 Å². The van der Waals surface area contributed by atoms with Gasteiger partial charge in [-0.3, -0.25) is 14.6 Å². The van der Waals surface area contributed by atoms with E-state index in [4.69, 9.17) is 4.42 Å². The van der Waals surface area contributed by atoms with Gasteiger partial charge in [-0.1, -0.05) is 19.3 Å². The molecule has 1 aromatic heterocycles. The van der Waals surface area contributed by atoms with Gasteiger partial charge in [0.15, 0.2) is 5.69 Å². The van der Waals surface area contributed by atoms with Crippen molar-refractivity contribution in [3.05, 3.63) is 17.8 Å². The zero-order valence-electron chi connectivity index (χ0n) is 15.8. The molecule has 2 fully saturated rings. The maximum atomic E-state index is 12.3. The Morgan fingerprint density at radius 1 is 1.27 bits per heavy atom. The standard InChI is InChI=1S/C19H32N4O3/c1-15(24)12-22-7-9-23(10-8-22)13-18-21-17(14-26-18)19(25)20-11-16-5-3-2-4-6-16/h14-16,24H,2-13H2,1H3,(H,20,25)/t15-/m1/s1. The van der Waals surface area contributed by atoms with E-state index >= 15 is 0 Å². The van der Waals surface area contributed by atoms with Gasteiger partial charge in [-0.05, 0) is 25.7 Å². The number of amides is 1. The van der Waals surface area contributed by atoms with Crippen LogP contribution in [0.4, 0.5) is 0 Å². The third-order valence-electron chi connectivity index (χ3n) is 5.41. The van der Waals surface area contributed by atoms with Crippen molar-refractivity contribution in [3.63, 3.8) is 0 Å². The van der Waals surface area contributed by atoms with E-state index in [-0.39, 0.29) is 12.0 Å². The summed E-state index contributed by atoms with van der Waals surface area (Å²) < 4.78 is 5.50. The third kappa shape index (κ3) is 5.79. The molecule has 7 heteroatoms. The number of nitrogens with zero attached hydrogens (tertiary/aromatic N) is 3. The minimum atomic E-state index is -0.289. The van der Waals surface area contributed by atoms with Crippen LogP contribution in [0.3, 0.4) is 0 Å². The highest BCUT2D eigenvalue weighted by molar-refractivity contribution is 5.91. The fraction of sp³-hybridized carbons (Fsp3) is 0.789. The molecule has 0 radical (unpaired) electrons. The molecule has 0 bridgehead atoms. The quantitative estimate of drug-likeness (QED) is 0.763. The van der Waals surface area contributed by atoms with Crippen LogP contribution >= 0.6 is 0 Å². The van der Waals surface area contributed by atoms with Crippen molar-refractivity contribution < 1.29 is 14.3 Å². The van der Waals surface area contributed by atoms with E-state index in [1.165, 1.54) is 38.4 Å². The highest BCUT2D eigenvalue weighted by Crippen LogP contribution is 2.22. The maximum Gasteiger partial charge on any atom is 0.273 e. The molecule has 0 unspecified atom stereocenters. The summed E-state index contributed by atoms with van der Waals surface area (Å²) in [6, 6.07) is 0. The van der Waals surface area contributed by atoms with E-state index in [0.29, 0.717) is 24.0 Å². The molecule has 2 N–H and O–H groups in total. The molecule has 2 heterocycles. The van der Waals surface area contributed by atoms with Gasteiger partial charge in [0.1, 0.15) is 6.26 Å². The van der Waals surface area contributed by atoms with E-state index in [0.717, 1.165) is 39.3 Å². The zero-order chi connectivity index (χ0) is 18.4.